The quantitative estimate of drug-likeness (QED) is 0.267. The van der Waals surface area contributed by atoms with Gasteiger partial charge in [0.15, 0.2) is 10.9 Å². The molecular formula is C26H39N5O5S. The van der Waals surface area contributed by atoms with Crippen molar-refractivity contribution in [2.24, 2.45) is 5.41 Å². The molecule has 1 atom stereocenters. The van der Waals surface area contributed by atoms with Crippen molar-refractivity contribution in [3.63, 3.8) is 0 Å². The first-order valence-electron chi connectivity index (χ1n) is 12.1. The van der Waals surface area contributed by atoms with E-state index in [1.165, 1.54) is 18.3 Å². The van der Waals surface area contributed by atoms with E-state index < -0.39 is 28.9 Å². The monoisotopic (exact) mass is 533 g/mol. The van der Waals surface area contributed by atoms with Crippen LogP contribution in [0.4, 0.5) is 14.7 Å². The number of anilines is 1. The SMILES string of the molecule is CC(=O)Nc1nc(CCCc2ccc(CNC(NC(=O)O)(N(C(=O)O)C(C)(C)C)C(C)(C)C)cc2)cs1. The minimum Gasteiger partial charge on any atom is -0.465 e. The maximum absolute atomic E-state index is 12.4. The van der Waals surface area contributed by atoms with Gasteiger partial charge in [0.25, 0.3) is 0 Å². The van der Waals surface area contributed by atoms with Gasteiger partial charge in [-0.3, -0.25) is 20.3 Å². The fraction of sp³-hybridized carbons (Fsp3) is 0.538. The highest BCUT2D eigenvalue weighted by Gasteiger charge is 2.54. The summed E-state index contributed by atoms with van der Waals surface area (Å²) >= 11 is 1.41. The summed E-state index contributed by atoms with van der Waals surface area (Å²) in [6.07, 6.45) is -0.00723. The molecule has 1 heterocycles. The van der Waals surface area contributed by atoms with E-state index in [4.69, 9.17) is 0 Å². The van der Waals surface area contributed by atoms with Crippen molar-refractivity contribution in [1.82, 2.24) is 20.5 Å². The van der Waals surface area contributed by atoms with Crippen molar-refractivity contribution in [3.05, 3.63) is 46.5 Å². The van der Waals surface area contributed by atoms with Crippen LogP contribution in [0, 0.1) is 5.41 Å². The van der Waals surface area contributed by atoms with Crippen LogP contribution in [0.3, 0.4) is 0 Å². The van der Waals surface area contributed by atoms with Crippen LogP contribution in [-0.4, -0.2) is 49.5 Å². The Labute approximate surface area is 222 Å². The Morgan fingerprint density at radius 3 is 2.05 bits per heavy atom. The average molecular weight is 534 g/mol. The number of benzene rings is 1. The zero-order chi connectivity index (χ0) is 28.0. The number of hydrogen-bond acceptors (Lipinski definition) is 6. The van der Waals surface area contributed by atoms with Crippen LogP contribution in [0.1, 0.15) is 71.7 Å². The first kappa shape index (κ1) is 30.0. The van der Waals surface area contributed by atoms with E-state index in [1.807, 2.05) is 29.6 Å². The molecule has 11 heteroatoms. The fourth-order valence-corrected chi connectivity index (χ4v) is 5.00. The van der Waals surface area contributed by atoms with Crippen molar-refractivity contribution >= 4 is 34.6 Å². The summed E-state index contributed by atoms with van der Waals surface area (Å²) in [5.74, 6) is -1.73. The molecule has 0 radical (unpaired) electrons. The van der Waals surface area contributed by atoms with Crippen LogP contribution in [0.2, 0.25) is 0 Å². The Kier molecular flexibility index (Phi) is 9.67. The Bertz CT molecular complexity index is 1090. The first-order chi connectivity index (χ1) is 17.0. The molecule has 1 unspecified atom stereocenters. The lowest BCUT2D eigenvalue weighted by atomic mass is 9.82. The topological polar surface area (TPSA) is 144 Å². The second-order valence-electron chi connectivity index (χ2n) is 11.0. The number of carbonyl (C=O) groups is 3. The van der Waals surface area contributed by atoms with Crippen LogP contribution in [-0.2, 0) is 24.2 Å². The molecule has 0 spiro atoms. The molecule has 10 nitrogen and oxygen atoms in total. The first-order valence-corrected chi connectivity index (χ1v) is 13.0. The number of aryl methyl sites for hydroxylation is 2. The zero-order valence-corrected chi connectivity index (χ0v) is 23.5. The molecule has 204 valence electrons. The maximum atomic E-state index is 12.4. The van der Waals surface area contributed by atoms with Gasteiger partial charge in [0.05, 0.1) is 5.69 Å². The molecule has 1 aromatic heterocycles. The number of carbonyl (C=O) groups excluding carboxylic acids is 1. The minimum absolute atomic E-state index is 0.136. The number of thiazole rings is 1. The van der Waals surface area contributed by atoms with Crippen molar-refractivity contribution in [1.29, 1.82) is 0 Å². The predicted molar refractivity (Wildman–Crippen MR) is 145 cm³/mol. The van der Waals surface area contributed by atoms with Crippen molar-refractivity contribution < 1.29 is 24.6 Å². The zero-order valence-electron chi connectivity index (χ0n) is 22.6. The number of nitrogens with one attached hydrogen (secondary N) is 3. The number of rotatable bonds is 10. The normalized spacial score (nSPS) is 13.5. The number of aromatic nitrogens is 1. The third kappa shape index (κ3) is 8.16. The van der Waals surface area contributed by atoms with Gasteiger partial charge >= 0.3 is 12.2 Å². The van der Waals surface area contributed by atoms with Crippen LogP contribution >= 0.6 is 11.3 Å². The predicted octanol–water partition coefficient (Wildman–Crippen LogP) is 5.11. The Balaban J connectivity index is 2.12. The summed E-state index contributed by atoms with van der Waals surface area (Å²) in [4.78, 5) is 40.9. The molecule has 0 saturated carbocycles. The molecule has 1 aromatic carbocycles. The number of hydrogen-bond donors (Lipinski definition) is 5. The molecule has 0 bridgehead atoms. The van der Waals surface area contributed by atoms with Gasteiger partial charge in [-0.15, -0.1) is 11.3 Å². The van der Waals surface area contributed by atoms with Gasteiger partial charge in [0.2, 0.25) is 5.91 Å². The lowest BCUT2D eigenvalue weighted by Crippen LogP contribution is -2.78. The molecule has 0 aliphatic carbocycles. The molecule has 0 fully saturated rings. The lowest BCUT2D eigenvalue weighted by Gasteiger charge is -2.55. The van der Waals surface area contributed by atoms with E-state index in [0.717, 1.165) is 41.0 Å². The van der Waals surface area contributed by atoms with Gasteiger partial charge in [-0.1, -0.05) is 45.0 Å². The van der Waals surface area contributed by atoms with Crippen LogP contribution in [0.5, 0.6) is 0 Å². The van der Waals surface area contributed by atoms with Gasteiger partial charge in [-0.2, -0.15) is 0 Å². The summed E-state index contributed by atoms with van der Waals surface area (Å²) in [6, 6.07) is 7.94. The van der Waals surface area contributed by atoms with E-state index in [9.17, 15) is 24.6 Å². The summed E-state index contributed by atoms with van der Waals surface area (Å²) in [5.41, 5.74) is 1.27. The van der Waals surface area contributed by atoms with Crippen molar-refractivity contribution in [3.8, 4) is 0 Å². The van der Waals surface area contributed by atoms with E-state index in [1.54, 1.807) is 41.5 Å². The van der Waals surface area contributed by atoms with Crippen LogP contribution < -0.4 is 16.0 Å². The molecule has 3 amide bonds. The average Bonchev–Trinajstić information content (AvgIpc) is 3.16. The number of amides is 3. The molecule has 37 heavy (non-hydrogen) atoms. The molecule has 0 saturated heterocycles. The fourth-order valence-electron chi connectivity index (χ4n) is 4.21. The van der Waals surface area contributed by atoms with E-state index in [0.29, 0.717) is 5.13 Å². The molecule has 2 aromatic rings. The highest BCUT2D eigenvalue weighted by molar-refractivity contribution is 7.13. The minimum atomic E-state index is -1.59. The van der Waals surface area contributed by atoms with Gasteiger partial charge < -0.3 is 15.5 Å². The van der Waals surface area contributed by atoms with Crippen LogP contribution in [0.25, 0.3) is 0 Å². The van der Waals surface area contributed by atoms with E-state index in [-0.39, 0.29) is 12.5 Å². The number of carboxylic acid groups (broad SMARTS) is 2. The standard InChI is InChI=1S/C26H39N5O5S/c1-17(32)28-21-29-20(16-37-21)10-8-9-18-11-13-19(14-12-18)15-27-26(24(2,3)4,30-22(33)34)31(23(35)36)25(5,6)7/h11-14,16,27,30H,8-10,15H2,1-7H3,(H,33,34)(H,35,36)(H,28,29,32). The Hall–Kier alpha value is -3.18. The van der Waals surface area contributed by atoms with Crippen molar-refractivity contribution in [2.75, 3.05) is 5.32 Å². The summed E-state index contributed by atoms with van der Waals surface area (Å²) in [5, 5.41) is 30.7. The summed E-state index contributed by atoms with van der Waals surface area (Å²) in [6.45, 7) is 12.3. The largest absolute Gasteiger partial charge is 0.465 e. The van der Waals surface area contributed by atoms with Gasteiger partial charge in [-0.05, 0) is 51.2 Å². The maximum Gasteiger partial charge on any atom is 0.410 e. The molecule has 5 N–H and O–H groups in total. The molecule has 2 rings (SSSR count). The van der Waals surface area contributed by atoms with E-state index >= 15 is 0 Å². The molecule has 0 aliphatic rings. The second-order valence-corrected chi connectivity index (χ2v) is 11.9. The summed E-state index contributed by atoms with van der Waals surface area (Å²) < 4.78 is 0. The van der Waals surface area contributed by atoms with Crippen molar-refractivity contribution in [2.45, 2.75) is 85.6 Å². The Morgan fingerprint density at radius 1 is 0.973 bits per heavy atom. The van der Waals surface area contributed by atoms with Gasteiger partial charge in [0, 0.05) is 29.8 Å². The highest BCUT2D eigenvalue weighted by Crippen LogP contribution is 2.36. The highest BCUT2D eigenvalue weighted by atomic mass is 32.1. The van der Waals surface area contributed by atoms with Gasteiger partial charge in [0.1, 0.15) is 0 Å². The molecular weight excluding hydrogens is 494 g/mol. The number of nitrogens with zero attached hydrogens (tertiary/aromatic N) is 2. The summed E-state index contributed by atoms with van der Waals surface area (Å²) in [7, 11) is 0. The second kappa shape index (κ2) is 11.9. The van der Waals surface area contributed by atoms with Gasteiger partial charge in [-0.25, -0.2) is 14.6 Å². The smallest absolute Gasteiger partial charge is 0.410 e. The lowest BCUT2D eigenvalue weighted by molar-refractivity contribution is -0.114. The third-order valence-electron chi connectivity index (χ3n) is 5.88. The Morgan fingerprint density at radius 2 is 1.57 bits per heavy atom. The van der Waals surface area contributed by atoms with E-state index in [2.05, 4.69) is 20.9 Å². The van der Waals surface area contributed by atoms with Crippen LogP contribution in [0.15, 0.2) is 29.6 Å². The molecule has 0 aliphatic heterocycles. The third-order valence-corrected chi connectivity index (χ3v) is 6.68.